The SMILES string of the molecule is C/C=C\C#CC#CC#CC#C/C=C\C. The van der Waals surface area contributed by atoms with Crippen molar-refractivity contribution < 1.29 is 0 Å². The van der Waals surface area contributed by atoms with Crippen molar-refractivity contribution in [3.63, 3.8) is 0 Å². The van der Waals surface area contributed by atoms with Gasteiger partial charge in [-0.25, -0.2) is 0 Å². The van der Waals surface area contributed by atoms with Crippen LogP contribution in [0.5, 0.6) is 0 Å². The summed E-state index contributed by atoms with van der Waals surface area (Å²) in [4.78, 5) is 0. The lowest BCUT2D eigenvalue weighted by Crippen LogP contribution is -1.54. The minimum atomic E-state index is 1.73. The standard InChI is InChI=1S/C14H10/c1-3-5-7-9-11-13-14-12-10-8-6-4-2/h3-6H,1-2H3/b5-3-,6-4-. The first-order valence-corrected chi connectivity index (χ1v) is 4.15. The van der Waals surface area contributed by atoms with E-state index in [0.717, 1.165) is 0 Å². The van der Waals surface area contributed by atoms with Crippen LogP contribution in [0, 0.1) is 47.4 Å². The molecular formula is C14H10. The molecule has 0 heterocycles. The van der Waals surface area contributed by atoms with Gasteiger partial charge in [-0.3, -0.25) is 0 Å². The van der Waals surface area contributed by atoms with Crippen LogP contribution in [0.25, 0.3) is 0 Å². The van der Waals surface area contributed by atoms with Crippen LogP contribution in [0.3, 0.4) is 0 Å². The number of allylic oxidation sites excluding steroid dienone is 4. The van der Waals surface area contributed by atoms with Crippen molar-refractivity contribution in [3.05, 3.63) is 24.3 Å². The van der Waals surface area contributed by atoms with E-state index in [1.165, 1.54) is 0 Å². The van der Waals surface area contributed by atoms with Gasteiger partial charge >= 0.3 is 0 Å². The summed E-state index contributed by atoms with van der Waals surface area (Å²) in [6, 6.07) is 0. The molecule has 0 aromatic carbocycles. The average molecular weight is 178 g/mol. The molecule has 0 saturated carbocycles. The molecule has 66 valence electrons. The van der Waals surface area contributed by atoms with E-state index in [4.69, 9.17) is 0 Å². The number of rotatable bonds is 0. The molecule has 0 N–H and O–H groups in total. The van der Waals surface area contributed by atoms with Gasteiger partial charge in [0.1, 0.15) is 0 Å². The minimum Gasteiger partial charge on any atom is -0.0792 e. The van der Waals surface area contributed by atoms with Crippen molar-refractivity contribution in [2.75, 3.05) is 0 Å². The van der Waals surface area contributed by atoms with Gasteiger partial charge in [-0.2, -0.15) is 0 Å². The number of hydrogen-bond acceptors (Lipinski definition) is 0. The van der Waals surface area contributed by atoms with Crippen molar-refractivity contribution >= 4 is 0 Å². The molecule has 0 bridgehead atoms. The van der Waals surface area contributed by atoms with Gasteiger partial charge < -0.3 is 0 Å². The Balaban J connectivity index is 4.07. The zero-order valence-electron chi connectivity index (χ0n) is 8.31. The maximum atomic E-state index is 2.73. The summed E-state index contributed by atoms with van der Waals surface area (Å²) >= 11 is 0. The number of hydrogen-bond donors (Lipinski definition) is 0. The van der Waals surface area contributed by atoms with Crippen molar-refractivity contribution in [2.24, 2.45) is 0 Å². The fourth-order valence-corrected chi connectivity index (χ4v) is 0.447. The van der Waals surface area contributed by atoms with Crippen LogP contribution in [0.15, 0.2) is 24.3 Å². The average Bonchev–Trinajstić information content (AvgIpc) is 2.21. The van der Waals surface area contributed by atoms with Crippen LogP contribution in [-0.4, -0.2) is 0 Å². The lowest BCUT2D eigenvalue weighted by atomic mass is 10.4. The van der Waals surface area contributed by atoms with E-state index >= 15 is 0 Å². The Hall–Kier alpha value is -2.28. The van der Waals surface area contributed by atoms with Crippen LogP contribution in [0.2, 0.25) is 0 Å². The van der Waals surface area contributed by atoms with Crippen LogP contribution < -0.4 is 0 Å². The fourth-order valence-electron chi connectivity index (χ4n) is 0.447. The maximum Gasteiger partial charge on any atom is -0.0000224 e. The third-order valence-corrected chi connectivity index (χ3v) is 0.957. The second kappa shape index (κ2) is 10.7. The molecule has 0 spiro atoms. The van der Waals surface area contributed by atoms with E-state index in [-0.39, 0.29) is 0 Å². The zero-order valence-corrected chi connectivity index (χ0v) is 8.31. The lowest BCUT2D eigenvalue weighted by molar-refractivity contribution is 1.76. The molecule has 0 aromatic rings. The highest BCUT2D eigenvalue weighted by atomic mass is 13.6. The molecule has 0 saturated heterocycles. The second-order valence-electron chi connectivity index (χ2n) is 2.04. The summed E-state index contributed by atoms with van der Waals surface area (Å²) < 4.78 is 0. The topological polar surface area (TPSA) is 0 Å². The normalized spacial score (nSPS) is 7.29. The first-order chi connectivity index (χ1) is 6.91. The van der Waals surface area contributed by atoms with Crippen LogP contribution in [0.4, 0.5) is 0 Å². The molecular weight excluding hydrogens is 168 g/mol. The van der Waals surface area contributed by atoms with Crippen LogP contribution in [0.1, 0.15) is 13.8 Å². The van der Waals surface area contributed by atoms with E-state index in [2.05, 4.69) is 47.4 Å². The Bertz CT molecular complexity index is 397. The predicted octanol–water partition coefficient (Wildman–Crippen LogP) is 2.15. The van der Waals surface area contributed by atoms with Gasteiger partial charge in [-0.05, 0) is 61.5 Å². The molecule has 0 aliphatic carbocycles. The molecule has 0 nitrogen and oxygen atoms in total. The van der Waals surface area contributed by atoms with Gasteiger partial charge in [0.05, 0.1) is 0 Å². The van der Waals surface area contributed by atoms with Crippen molar-refractivity contribution in [1.29, 1.82) is 0 Å². The second-order valence-corrected chi connectivity index (χ2v) is 2.04. The third kappa shape index (κ3) is 9.72. The molecule has 0 aliphatic heterocycles. The highest BCUT2D eigenvalue weighted by molar-refractivity contribution is 5.41. The molecule has 0 amide bonds. The molecule has 14 heavy (non-hydrogen) atoms. The van der Waals surface area contributed by atoms with E-state index in [0.29, 0.717) is 0 Å². The van der Waals surface area contributed by atoms with Crippen molar-refractivity contribution in [3.8, 4) is 47.4 Å². The molecule has 0 radical (unpaired) electrons. The first kappa shape index (κ1) is 11.7. The summed E-state index contributed by atoms with van der Waals surface area (Å²) in [5.41, 5.74) is 0. The molecule has 0 heteroatoms. The lowest BCUT2D eigenvalue weighted by Gasteiger charge is -1.59. The Morgan fingerprint density at radius 3 is 1.29 bits per heavy atom. The Kier molecular flexibility index (Phi) is 8.97. The highest BCUT2D eigenvalue weighted by Crippen LogP contribution is 1.64. The van der Waals surface area contributed by atoms with Gasteiger partial charge in [0.25, 0.3) is 0 Å². The van der Waals surface area contributed by atoms with Gasteiger partial charge in [0, 0.05) is 0 Å². The summed E-state index contributed by atoms with van der Waals surface area (Å²) in [6.45, 7) is 3.80. The maximum absolute atomic E-state index is 2.73. The zero-order chi connectivity index (χ0) is 10.5. The molecule has 0 aromatic heterocycles. The summed E-state index contributed by atoms with van der Waals surface area (Å²) in [5, 5.41) is 0. The largest absolute Gasteiger partial charge is 0.0792 e. The summed E-state index contributed by atoms with van der Waals surface area (Å²) in [5.74, 6) is 21.0. The highest BCUT2D eigenvalue weighted by Gasteiger charge is 1.56. The van der Waals surface area contributed by atoms with Crippen molar-refractivity contribution in [1.82, 2.24) is 0 Å². The van der Waals surface area contributed by atoms with E-state index < -0.39 is 0 Å². The van der Waals surface area contributed by atoms with Crippen LogP contribution in [-0.2, 0) is 0 Å². The summed E-state index contributed by atoms with van der Waals surface area (Å²) in [6.07, 6.45) is 7.16. The van der Waals surface area contributed by atoms with Crippen LogP contribution >= 0.6 is 0 Å². The predicted molar refractivity (Wildman–Crippen MR) is 60.7 cm³/mol. The summed E-state index contributed by atoms with van der Waals surface area (Å²) in [7, 11) is 0. The van der Waals surface area contributed by atoms with Gasteiger partial charge in [0.15, 0.2) is 0 Å². The van der Waals surface area contributed by atoms with E-state index in [1.807, 2.05) is 26.0 Å². The smallest absolute Gasteiger partial charge is 0.0000224 e. The van der Waals surface area contributed by atoms with E-state index in [9.17, 15) is 0 Å². The monoisotopic (exact) mass is 178 g/mol. The molecule has 0 fully saturated rings. The molecule has 0 unspecified atom stereocenters. The Morgan fingerprint density at radius 1 is 0.571 bits per heavy atom. The minimum absolute atomic E-state index is 1.73. The quantitative estimate of drug-likeness (QED) is 0.499. The van der Waals surface area contributed by atoms with Crippen molar-refractivity contribution in [2.45, 2.75) is 13.8 Å². The fraction of sp³-hybridized carbons (Fsp3) is 0.143. The first-order valence-electron chi connectivity index (χ1n) is 4.15. The van der Waals surface area contributed by atoms with Gasteiger partial charge in [-0.1, -0.05) is 24.0 Å². The molecule has 0 aliphatic rings. The third-order valence-electron chi connectivity index (χ3n) is 0.957. The van der Waals surface area contributed by atoms with Gasteiger partial charge in [0.2, 0.25) is 0 Å². The molecule has 0 rings (SSSR count). The Morgan fingerprint density at radius 2 is 0.929 bits per heavy atom. The van der Waals surface area contributed by atoms with E-state index in [1.54, 1.807) is 12.2 Å². The molecule has 0 atom stereocenters. The van der Waals surface area contributed by atoms with Gasteiger partial charge in [-0.15, -0.1) is 0 Å². The Labute approximate surface area is 86.1 Å².